The van der Waals surface area contributed by atoms with Crippen molar-refractivity contribution in [1.29, 1.82) is 0 Å². The monoisotopic (exact) mass is 225 g/mol. The quantitative estimate of drug-likeness (QED) is 0.690. The Balaban J connectivity index is 2.55. The number of para-hydroxylation sites is 1. The van der Waals surface area contributed by atoms with E-state index in [1.807, 2.05) is 35.2 Å². The summed E-state index contributed by atoms with van der Waals surface area (Å²) in [6.07, 6.45) is 3.62. The summed E-state index contributed by atoms with van der Waals surface area (Å²) >= 11 is 11.8. The SMILES string of the molecule is Cc1ccccc1-n1cc(Cl)c(Cl)c1. The molecule has 0 spiro atoms. The predicted molar refractivity (Wildman–Crippen MR) is 60.5 cm³/mol. The average Bonchev–Trinajstić information content (AvgIpc) is 2.48. The number of hydrogen-bond acceptors (Lipinski definition) is 0. The van der Waals surface area contributed by atoms with Crippen LogP contribution >= 0.6 is 23.2 Å². The lowest BCUT2D eigenvalue weighted by Gasteiger charge is -2.05. The molecule has 0 radical (unpaired) electrons. The van der Waals surface area contributed by atoms with Gasteiger partial charge in [0.25, 0.3) is 0 Å². The molecule has 72 valence electrons. The van der Waals surface area contributed by atoms with Gasteiger partial charge in [-0.2, -0.15) is 0 Å². The second kappa shape index (κ2) is 3.68. The van der Waals surface area contributed by atoms with E-state index in [9.17, 15) is 0 Å². The average molecular weight is 226 g/mol. The van der Waals surface area contributed by atoms with Crippen LogP contribution in [0.2, 0.25) is 10.0 Å². The van der Waals surface area contributed by atoms with Gasteiger partial charge >= 0.3 is 0 Å². The minimum absolute atomic E-state index is 0.579. The van der Waals surface area contributed by atoms with Crippen LogP contribution in [0.5, 0.6) is 0 Å². The fourth-order valence-corrected chi connectivity index (χ4v) is 1.70. The lowest BCUT2D eigenvalue weighted by atomic mass is 10.2. The molecule has 1 aromatic carbocycles. The summed E-state index contributed by atoms with van der Waals surface area (Å²) in [7, 11) is 0. The van der Waals surface area contributed by atoms with Crippen molar-refractivity contribution in [3.63, 3.8) is 0 Å². The van der Waals surface area contributed by atoms with Crippen LogP contribution in [0.15, 0.2) is 36.7 Å². The van der Waals surface area contributed by atoms with Crippen molar-refractivity contribution < 1.29 is 0 Å². The first-order valence-electron chi connectivity index (χ1n) is 4.27. The van der Waals surface area contributed by atoms with Crippen LogP contribution in [-0.2, 0) is 0 Å². The molecule has 0 unspecified atom stereocenters. The van der Waals surface area contributed by atoms with E-state index in [2.05, 4.69) is 13.0 Å². The van der Waals surface area contributed by atoms with Gasteiger partial charge in [0, 0.05) is 18.1 Å². The van der Waals surface area contributed by atoms with E-state index < -0.39 is 0 Å². The molecule has 0 aliphatic rings. The van der Waals surface area contributed by atoms with Gasteiger partial charge in [0.1, 0.15) is 0 Å². The van der Waals surface area contributed by atoms with Crippen molar-refractivity contribution >= 4 is 23.2 Å². The van der Waals surface area contributed by atoms with Crippen molar-refractivity contribution in [3.05, 3.63) is 52.3 Å². The van der Waals surface area contributed by atoms with Crippen LogP contribution in [0.25, 0.3) is 5.69 Å². The molecule has 1 heterocycles. The van der Waals surface area contributed by atoms with E-state index in [0.29, 0.717) is 10.0 Å². The highest BCUT2D eigenvalue weighted by Crippen LogP contribution is 2.25. The van der Waals surface area contributed by atoms with Gasteiger partial charge in [-0.15, -0.1) is 0 Å². The van der Waals surface area contributed by atoms with Gasteiger partial charge in [0.2, 0.25) is 0 Å². The molecule has 0 fully saturated rings. The molecule has 1 aromatic heterocycles. The molecule has 3 heteroatoms. The maximum atomic E-state index is 5.88. The Morgan fingerprint density at radius 2 is 1.57 bits per heavy atom. The Kier molecular flexibility index (Phi) is 2.53. The van der Waals surface area contributed by atoms with E-state index in [4.69, 9.17) is 23.2 Å². The molecule has 0 bridgehead atoms. The summed E-state index contributed by atoms with van der Waals surface area (Å²) < 4.78 is 1.93. The van der Waals surface area contributed by atoms with Crippen molar-refractivity contribution in [2.75, 3.05) is 0 Å². The van der Waals surface area contributed by atoms with Crippen LogP contribution in [0.3, 0.4) is 0 Å². The molecule has 14 heavy (non-hydrogen) atoms. The Labute approximate surface area is 92.9 Å². The molecule has 0 saturated carbocycles. The first-order chi connectivity index (χ1) is 6.68. The van der Waals surface area contributed by atoms with E-state index in [1.54, 1.807) is 0 Å². The zero-order chi connectivity index (χ0) is 10.1. The van der Waals surface area contributed by atoms with Gasteiger partial charge in [0.05, 0.1) is 10.0 Å². The molecule has 0 N–H and O–H groups in total. The highest BCUT2D eigenvalue weighted by atomic mass is 35.5. The number of aromatic nitrogens is 1. The number of nitrogens with zero attached hydrogens (tertiary/aromatic N) is 1. The molecule has 0 aliphatic heterocycles. The normalized spacial score (nSPS) is 10.5. The van der Waals surface area contributed by atoms with Crippen LogP contribution < -0.4 is 0 Å². The highest BCUT2D eigenvalue weighted by Gasteiger charge is 2.04. The predicted octanol–water partition coefficient (Wildman–Crippen LogP) is 4.09. The Morgan fingerprint density at radius 1 is 1.00 bits per heavy atom. The number of rotatable bonds is 1. The van der Waals surface area contributed by atoms with Crippen LogP contribution in [0.4, 0.5) is 0 Å². The summed E-state index contributed by atoms with van der Waals surface area (Å²) in [5.41, 5.74) is 2.29. The van der Waals surface area contributed by atoms with Crippen LogP contribution in [0.1, 0.15) is 5.56 Å². The molecule has 0 atom stereocenters. The van der Waals surface area contributed by atoms with Gasteiger partial charge in [0.15, 0.2) is 0 Å². The topological polar surface area (TPSA) is 4.93 Å². The summed E-state index contributed by atoms with van der Waals surface area (Å²) in [6.45, 7) is 2.05. The lowest BCUT2D eigenvalue weighted by Crippen LogP contribution is -1.92. The first kappa shape index (κ1) is 9.63. The van der Waals surface area contributed by atoms with Gasteiger partial charge in [-0.3, -0.25) is 0 Å². The molecule has 2 aromatic rings. The van der Waals surface area contributed by atoms with Crippen molar-refractivity contribution in [3.8, 4) is 5.69 Å². The molecule has 2 rings (SSSR count). The third-order valence-electron chi connectivity index (χ3n) is 2.13. The second-order valence-corrected chi connectivity index (χ2v) is 3.96. The molecule has 0 amide bonds. The lowest BCUT2D eigenvalue weighted by molar-refractivity contribution is 1.06. The van der Waals surface area contributed by atoms with E-state index >= 15 is 0 Å². The maximum absolute atomic E-state index is 5.88. The second-order valence-electron chi connectivity index (χ2n) is 3.15. The van der Waals surface area contributed by atoms with Gasteiger partial charge in [-0.25, -0.2) is 0 Å². The molecular formula is C11H9Cl2N. The molecule has 0 aliphatic carbocycles. The minimum atomic E-state index is 0.579. The minimum Gasteiger partial charge on any atom is -0.321 e. The van der Waals surface area contributed by atoms with Crippen LogP contribution in [-0.4, -0.2) is 4.57 Å². The fraction of sp³-hybridized carbons (Fsp3) is 0.0909. The summed E-state index contributed by atoms with van der Waals surface area (Å²) in [5, 5.41) is 1.16. The summed E-state index contributed by atoms with van der Waals surface area (Å²) in [4.78, 5) is 0. The number of benzene rings is 1. The molecular weight excluding hydrogens is 217 g/mol. The first-order valence-corrected chi connectivity index (χ1v) is 5.03. The third-order valence-corrected chi connectivity index (χ3v) is 2.83. The molecule has 1 nitrogen and oxygen atoms in total. The summed E-state index contributed by atoms with van der Waals surface area (Å²) in [6, 6.07) is 8.08. The standard InChI is InChI=1S/C11H9Cl2N/c1-8-4-2-3-5-11(8)14-6-9(12)10(13)7-14/h2-7H,1H3. The maximum Gasteiger partial charge on any atom is 0.0773 e. The molecule has 0 saturated heterocycles. The zero-order valence-electron chi connectivity index (χ0n) is 7.67. The highest BCUT2D eigenvalue weighted by molar-refractivity contribution is 6.42. The largest absolute Gasteiger partial charge is 0.321 e. The van der Waals surface area contributed by atoms with E-state index in [0.717, 1.165) is 5.69 Å². The Hall–Kier alpha value is -0.920. The van der Waals surface area contributed by atoms with Gasteiger partial charge in [-0.05, 0) is 18.6 Å². The number of halogens is 2. The van der Waals surface area contributed by atoms with Gasteiger partial charge < -0.3 is 4.57 Å². The number of hydrogen-bond donors (Lipinski definition) is 0. The Morgan fingerprint density at radius 3 is 2.14 bits per heavy atom. The van der Waals surface area contributed by atoms with Crippen LogP contribution in [0, 0.1) is 6.92 Å². The zero-order valence-corrected chi connectivity index (χ0v) is 9.18. The fourth-order valence-electron chi connectivity index (χ4n) is 1.40. The van der Waals surface area contributed by atoms with E-state index in [-0.39, 0.29) is 0 Å². The Bertz CT molecular complexity index is 441. The van der Waals surface area contributed by atoms with Crippen molar-refractivity contribution in [2.24, 2.45) is 0 Å². The van der Waals surface area contributed by atoms with Gasteiger partial charge in [-0.1, -0.05) is 41.4 Å². The van der Waals surface area contributed by atoms with Crippen molar-refractivity contribution in [2.45, 2.75) is 6.92 Å². The van der Waals surface area contributed by atoms with E-state index in [1.165, 1.54) is 5.56 Å². The smallest absolute Gasteiger partial charge is 0.0773 e. The number of aryl methyl sites for hydroxylation is 1. The van der Waals surface area contributed by atoms with Crippen molar-refractivity contribution in [1.82, 2.24) is 4.57 Å². The third kappa shape index (κ3) is 1.66. The summed E-state index contributed by atoms with van der Waals surface area (Å²) in [5.74, 6) is 0.